The van der Waals surface area contributed by atoms with Crippen LogP contribution in [-0.2, 0) is 4.74 Å². The van der Waals surface area contributed by atoms with Crippen molar-refractivity contribution in [1.29, 1.82) is 0 Å². The summed E-state index contributed by atoms with van der Waals surface area (Å²) in [6.45, 7) is 5.90. The predicted molar refractivity (Wildman–Crippen MR) is 80.6 cm³/mol. The summed E-state index contributed by atoms with van der Waals surface area (Å²) >= 11 is 0. The average molecular weight is 258 g/mol. The van der Waals surface area contributed by atoms with Crippen LogP contribution in [0.4, 0.5) is 5.82 Å². The van der Waals surface area contributed by atoms with Crippen LogP contribution in [0.2, 0.25) is 0 Å². The van der Waals surface area contributed by atoms with E-state index in [0.29, 0.717) is 6.10 Å². The molecule has 0 saturated heterocycles. The molecule has 0 aliphatic carbocycles. The number of ether oxygens (including phenoxy) is 1. The maximum atomic E-state index is 5.52. The van der Waals surface area contributed by atoms with Gasteiger partial charge in [-0.1, -0.05) is 24.3 Å². The van der Waals surface area contributed by atoms with Gasteiger partial charge in [-0.3, -0.25) is 0 Å². The Bertz CT molecular complexity index is 506. The zero-order chi connectivity index (χ0) is 13.5. The minimum absolute atomic E-state index is 0.327. The molecule has 0 radical (unpaired) electrons. The van der Waals surface area contributed by atoms with Crippen LogP contribution < -0.4 is 5.32 Å². The van der Waals surface area contributed by atoms with E-state index in [-0.39, 0.29) is 0 Å². The Kier molecular flexibility index (Phi) is 5.16. The SMILES string of the molecule is CC(C)OCCCCNc1nccc2ccccc12. The second-order valence-corrected chi connectivity index (χ2v) is 4.93. The van der Waals surface area contributed by atoms with E-state index in [1.807, 2.05) is 18.3 Å². The maximum absolute atomic E-state index is 5.52. The molecule has 0 saturated carbocycles. The number of nitrogens with one attached hydrogen (secondary N) is 1. The van der Waals surface area contributed by atoms with Crippen LogP contribution in [0.5, 0.6) is 0 Å². The van der Waals surface area contributed by atoms with Gasteiger partial charge in [-0.15, -0.1) is 0 Å². The Morgan fingerprint density at radius 1 is 1.16 bits per heavy atom. The quantitative estimate of drug-likeness (QED) is 0.766. The van der Waals surface area contributed by atoms with Crippen molar-refractivity contribution in [1.82, 2.24) is 4.98 Å². The van der Waals surface area contributed by atoms with E-state index >= 15 is 0 Å². The van der Waals surface area contributed by atoms with E-state index in [1.165, 1.54) is 10.8 Å². The summed E-state index contributed by atoms with van der Waals surface area (Å²) in [5, 5.41) is 5.82. The molecule has 0 atom stereocenters. The van der Waals surface area contributed by atoms with Crippen molar-refractivity contribution >= 4 is 16.6 Å². The molecule has 1 aromatic carbocycles. The van der Waals surface area contributed by atoms with Crippen molar-refractivity contribution in [3.8, 4) is 0 Å². The van der Waals surface area contributed by atoms with Gasteiger partial charge in [-0.05, 0) is 38.1 Å². The highest BCUT2D eigenvalue weighted by Gasteiger charge is 2.00. The second kappa shape index (κ2) is 7.10. The lowest BCUT2D eigenvalue weighted by molar-refractivity contribution is 0.0765. The zero-order valence-electron chi connectivity index (χ0n) is 11.7. The van der Waals surface area contributed by atoms with Gasteiger partial charge in [0.2, 0.25) is 0 Å². The minimum atomic E-state index is 0.327. The Morgan fingerprint density at radius 2 is 2.00 bits per heavy atom. The summed E-state index contributed by atoms with van der Waals surface area (Å²) < 4.78 is 5.52. The Balaban J connectivity index is 1.82. The van der Waals surface area contributed by atoms with Gasteiger partial charge < -0.3 is 10.1 Å². The first-order valence-electron chi connectivity index (χ1n) is 6.96. The lowest BCUT2D eigenvalue weighted by Gasteiger charge is -2.09. The van der Waals surface area contributed by atoms with Crippen molar-refractivity contribution in [3.05, 3.63) is 36.5 Å². The third-order valence-electron chi connectivity index (χ3n) is 2.99. The molecule has 3 nitrogen and oxygen atoms in total. The highest BCUT2D eigenvalue weighted by atomic mass is 16.5. The second-order valence-electron chi connectivity index (χ2n) is 4.93. The first-order valence-corrected chi connectivity index (χ1v) is 6.96. The topological polar surface area (TPSA) is 34.1 Å². The van der Waals surface area contributed by atoms with Gasteiger partial charge in [0.1, 0.15) is 5.82 Å². The van der Waals surface area contributed by atoms with E-state index in [2.05, 4.69) is 42.3 Å². The van der Waals surface area contributed by atoms with Crippen molar-refractivity contribution in [3.63, 3.8) is 0 Å². The number of unbranched alkanes of at least 4 members (excludes halogenated alkanes) is 1. The smallest absolute Gasteiger partial charge is 0.133 e. The number of aromatic nitrogens is 1. The summed E-state index contributed by atoms with van der Waals surface area (Å²) in [7, 11) is 0. The number of benzene rings is 1. The number of pyridine rings is 1. The first-order chi connectivity index (χ1) is 9.27. The number of anilines is 1. The van der Waals surface area contributed by atoms with E-state index < -0.39 is 0 Å². The van der Waals surface area contributed by atoms with Gasteiger partial charge in [0.15, 0.2) is 0 Å². The van der Waals surface area contributed by atoms with Gasteiger partial charge >= 0.3 is 0 Å². The molecule has 2 rings (SSSR count). The summed E-state index contributed by atoms with van der Waals surface area (Å²) in [6.07, 6.45) is 4.35. The highest BCUT2D eigenvalue weighted by Crippen LogP contribution is 2.20. The molecule has 2 aromatic rings. The van der Waals surface area contributed by atoms with Crippen LogP contribution in [0.1, 0.15) is 26.7 Å². The van der Waals surface area contributed by atoms with Crippen LogP contribution in [0, 0.1) is 0 Å². The van der Waals surface area contributed by atoms with Crippen LogP contribution in [-0.4, -0.2) is 24.2 Å². The zero-order valence-corrected chi connectivity index (χ0v) is 11.7. The van der Waals surface area contributed by atoms with Gasteiger partial charge in [0.25, 0.3) is 0 Å². The van der Waals surface area contributed by atoms with Crippen molar-refractivity contribution in [2.75, 3.05) is 18.5 Å². The van der Waals surface area contributed by atoms with Gasteiger partial charge in [0.05, 0.1) is 6.10 Å². The monoisotopic (exact) mass is 258 g/mol. The standard InChI is InChI=1S/C16H22N2O/c1-13(2)19-12-6-5-10-17-16-15-8-4-3-7-14(15)9-11-18-16/h3-4,7-9,11,13H,5-6,10,12H2,1-2H3,(H,17,18). The Morgan fingerprint density at radius 3 is 2.84 bits per heavy atom. The highest BCUT2D eigenvalue weighted by molar-refractivity contribution is 5.91. The number of hydrogen-bond acceptors (Lipinski definition) is 3. The lowest BCUT2D eigenvalue weighted by atomic mass is 10.1. The molecule has 102 valence electrons. The minimum Gasteiger partial charge on any atom is -0.379 e. The molecule has 0 aliphatic rings. The summed E-state index contributed by atoms with van der Waals surface area (Å²) in [5.74, 6) is 0.975. The van der Waals surface area contributed by atoms with Crippen molar-refractivity contribution < 1.29 is 4.74 Å². The third-order valence-corrected chi connectivity index (χ3v) is 2.99. The number of nitrogens with zero attached hydrogens (tertiary/aromatic N) is 1. The lowest BCUT2D eigenvalue weighted by Crippen LogP contribution is -2.07. The van der Waals surface area contributed by atoms with E-state index in [0.717, 1.165) is 31.8 Å². The Labute approximate surface area is 115 Å². The molecule has 0 aliphatic heterocycles. The maximum Gasteiger partial charge on any atom is 0.133 e. The molecule has 19 heavy (non-hydrogen) atoms. The fourth-order valence-electron chi connectivity index (χ4n) is 2.01. The molecule has 0 spiro atoms. The van der Waals surface area contributed by atoms with Gasteiger partial charge in [-0.2, -0.15) is 0 Å². The molecule has 0 bridgehead atoms. The number of rotatable bonds is 7. The number of hydrogen-bond donors (Lipinski definition) is 1. The molecule has 1 N–H and O–H groups in total. The van der Waals surface area contributed by atoms with E-state index in [4.69, 9.17) is 4.74 Å². The average Bonchev–Trinajstić information content (AvgIpc) is 2.42. The first kappa shape index (κ1) is 13.8. The molecular formula is C16H22N2O. The normalized spacial score (nSPS) is 11.1. The largest absolute Gasteiger partial charge is 0.379 e. The Hall–Kier alpha value is -1.61. The third kappa shape index (κ3) is 4.21. The van der Waals surface area contributed by atoms with E-state index in [9.17, 15) is 0 Å². The van der Waals surface area contributed by atoms with Crippen LogP contribution >= 0.6 is 0 Å². The van der Waals surface area contributed by atoms with Crippen LogP contribution in [0.15, 0.2) is 36.5 Å². The van der Waals surface area contributed by atoms with Crippen LogP contribution in [0.25, 0.3) is 10.8 Å². The molecule has 3 heteroatoms. The number of fused-ring (bicyclic) bond motifs is 1. The molecule has 0 amide bonds. The molecule has 1 aromatic heterocycles. The van der Waals surface area contributed by atoms with Crippen molar-refractivity contribution in [2.24, 2.45) is 0 Å². The molecule has 0 fully saturated rings. The van der Waals surface area contributed by atoms with Crippen LogP contribution in [0.3, 0.4) is 0 Å². The van der Waals surface area contributed by atoms with Crippen molar-refractivity contribution in [2.45, 2.75) is 32.8 Å². The molecule has 0 unspecified atom stereocenters. The predicted octanol–water partition coefficient (Wildman–Crippen LogP) is 3.85. The summed E-state index contributed by atoms with van der Waals surface area (Å²) in [4.78, 5) is 4.41. The van der Waals surface area contributed by atoms with Gasteiger partial charge in [0, 0.05) is 24.7 Å². The fourth-order valence-corrected chi connectivity index (χ4v) is 2.01. The molecule has 1 heterocycles. The summed E-state index contributed by atoms with van der Waals surface area (Å²) in [5.41, 5.74) is 0. The van der Waals surface area contributed by atoms with Gasteiger partial charge in [-0.25, -0.2) is 4.98 Å². The fraction of sp³-hybridized carbons (Fsp3) is 0.438. The van der Waals surface area contributed by atoms with E-state index in [1.54, 1.807) is 0 Å². The summed E-state index contributed by atoms with van der Waals surface area (Å²) in [6, 6.07) is 10.4. The molecular weight excluding hydrogens is 236 g/mol.